The van der Waals surface area contributed by atoms with Crippen molar-refractivity contribution < 1.29 is 19.4 Å². The maximum Gasteiger partial charge on any atom is 0.429 e. The molecule has 4 aliphatic carbocycles. The highest BCUT2D eigenvalue weighted by Crippen LogP contribution is 2.87. The van der Waals surface area contributed by atoms with Gasteiger partial charge < -0.3 is 9.84 Å². The third-order valence-electron chi connectivity index (χ3n) is 6.14. The van der Waals surface area contributed by atoms with E-state index in [0.29, 0.717) is 23.7 Å². The Morgan fingerprint density at radius 3 is 1.94 bits per heavy atom. The SMILES string of the molecule is CCOC(=O)N1C2C3C4C5C3C(C5C42)N1C(=O)O. The molecule has 4 unspecified atom stereocenters. The number of carbonyl (C=O) groups is 2. The van der Waals surface area contributed by atoms with Crippen molar-refractivity contribution in [1.82, 2.24) is 10.0 Å². The minimum atomic E-state index is -1.01. The lowest BCUT2D eigenvalue weighted by Crippen LogP contribution is -3.00. The zero-order valence-electron chi connectivity index (χ0n) is 9.89. The molecule has 6 nitrogen and oxygen atoms in total. The average molecular weight is 250 g/mol. The van der Waals surface area contributed by atoms with E-state index in [-0.39, 0.29) is 18.7 Å². The summed E-state index contributed by atoms with van der Waals surface area (Å²) in [5.74, 6) is 3.79. The van der Waals surface area contributed by atoms with Gasteiger partial charge in [-0.15, -0.1) is 0 Å². The third kappa shape index (κ3) is 0.621. The fourth-order valence-corrected chi connectivity index (χ4v) is 5.88. The van der Waals surface area contributed by atoms with Gasteiger partial charge in [-0.3, -0.25) is 0 Å². The number of nitrogens with zero attached hydrogens (tertiary/aromatic N) is 2. The van der Waals surface area contributed by atoms with Crippen molar-refractivity contribution in [2.45, 2.75) is 19.0 Å². The van der Waals surface area contributed by atoms with Gasteiger partial charge in [-0.25, -0.2) is 19.6 Å². The van der Waals surface area contributed by atoms with E-state index in [1.165, 1.54) is 10.0 Å². The number of rotatable bonds is 1. The van der Waals surface area contributed by atoms with Crippen LogP contribution in [0.25, 0.3) is 0 Å². The minimum absolute atomic E-state index is 0.0573. The molecule has 6 rings (SSSR count). The maximum absolute atomic E-state index is 12.0. The van der Waals surface area contributed by atoms with Gasteiger partial charge in [-0.1, -0.05) is 0 Å². The molecule has 4 saturated carbocycles. The summed E-state index contributed by atoms with van der Waals surface area (Å²) in [6.07, 6.45) is -1.50. The molecule has 6 heteroatoms. The van der Waals surface area contributed by atoms with Crippen LogP contribution in [0, 0.1) is 35.5 Å². The summed E-state index contributed by atoms with van der Waals surface area (Å²) >= 11 is 0. The van der Waals surface area contributed by atoms with Crippen molar-refractivity contribution in [1.29, 1.82) is 0 Å². The molecule has 0 aromatic heterocycles. The molecule has 1 N–H and O–H groups in total. The van der Waals surface area contributed by atoms with Crippen molar-refractivity contribution in [2.75, 3.05) is 6.61 Å². The number of ether oxygens (including phenoxy) is 1. The molecule has 6 aliphatic rings. The van der Waals surface area contributed by atoms with Crippen LogP contribution >= 0.6 is 0 Å². The van der Waals surface area contributed by atoms with Crippen LogP contribution in [-0.4, -0.2) is 46.0 Å². The number of carboxylic acid groups (broad SMARTS) is 1. The lowest BCUT2D eigenvalue weighted by molar-refractivity contribution is -0.482. The lowest BCUT2D eigenvalue weighted by Gasteiger charge is -2.94. The Balaban J connectivity index is 1.53. The Labute approximate surface area is 103 Å². The Morgan fingerprint density at radius 1 is 1.00 bits per heavy atom. The number of hydrogen-bond acceptors (Lipinski definition) is 3. The molecule has 0 radical (unpaired) electrons. The molecule has 18 heavy (non-hydrogen) atoms. The van der Waals surface area contributed by atoms with Gasteiger partial charge in [0.2, 0.25) is 0 Å². The first-order valence-corrected chi connectivity index (χ1v) is 6.66. The summed E-state index contributed by atoms with van der Waals surface area (Å²) in [5, 5.41) is 12.1. The van der Waals surface area contributed by atoms with Crippen molar-refractivity contribution in [3.8, 4) is 0 Å². The molecule has 2 bridgehead atoms. The molecular weight excluding hydrogens is 236 g/mol. The first-order valence-electron chi connectivity index (χ1n) is 6.66. The summed E-state index contributed by atoms with van der Waals surface area (Å²) in [6, 6.07) is 0.164. The van der Waals surface area contributed by atoms with E-state index >= 15 is 0 Å². The number of hydrogen-bond donors (Lipinski definition) is 1. The van der Waals surface area contributed by atoms with Crippen molar-refractivity contribution in [3.05, 3.63) is 0 Å². The van der Waals surface area contributed by atoms with Crippen LogP contribution in [-0.2, 0) is 4.74 Å². The first-order chi connectivity index (χ1) is 8.68. The highest BCUT2D eigenvalue weighted by Gasteiger charge is 2.92. The summed E-state index contributed by atoms with van der Waals surface area (Å²) in [7, 11) is 0. The van der Waals surface area contributed by atoms with E-state index in [1.54, 1.807) is 6.92 Å². The number of hydrazine groups is 1. The van der Waals surface area contributed by atoms with Gasteiger partial charge in [0.15, 0.2) is 0 Å². The van der Waals surface area contributed by atoms with Gasteiger partial charge in [0, 0.05) is 0 Å². The highest BCUT2D eigenvalue weighted by molar-refractivity contribution is 5.76. The number of amides is 2. The van der Waals surface area contributed by atoms with E-state index < -0.39 is 12.2 Å². The van der Waals surface area contributed by atoms with Gasteiger partial charge in [0.25, 0.3) is 0 Å². The molecule has 0 spiro atoms. The molecule has 0 aromatic carbocycles. The monoisotopic (exact) mass is 250 g/mol. The van der Waals surface area contributed by atoms with E-state index in [2.05, 4.69) is 0 Å². The normalized spacial score (nSPS) is 55.6. The summed E-state index contributed by atoms with van der Waals surface area (Å²) < 4.78 is 5.02. The van der Waals surface area contributed by atoms with E-state index in [4.69, 9.17) is 4.74 Å². The second kappa shape index (κ2) is 2.46. The predicted molar refractivity (Wildman–Crippen MR) is 57.2 cm³/mol. The summed E-state index contributed by atoms with van der Waals surface area (Å²) in [4.78, 5) is 23.4. The van der Waals surface area contributed by atoms with Crippen LogP contribution in [0.5, 0.6) is 0 Å². The molecule has 4 atom stereocenters. The average Bonchev–Trinajstić information content (AvgIpc) is 2.27. The molecule has 0 aromatic rings. The fourth-order valence-electron chi connectivity index (χ4n) is 5.88. The lowest BCUT2D eigenvalue weighted by atomic mass is 9.16. The van der Waals surface area contributed by atoms with Crippen LogP contribution in [0.4, 0.5) is 9.59 Å². The van der Waals surface area contributed by atoms with Crippen LogP contribution in [0.1, 0.15) is 6.92 Å². The third-order valence-corrected chi connectivity index (χ3v) is 6.14. The van der Waals surface area contributed by atoms with E-state index in [1.807, 2.05) is 0 Å². The predicted octanol–water partition coefficient (Wildman–Crippen LogP) is 0.842. The van der Waals surface area contributed by atoms with Crippen LogP contribution in [0.15, 0.2) is 0 Å². The quantitative estimate of drug-likeness (QED) is 0.748. The Kier molecular flexibility index (Phi) is 1.29. The number of carbonyl (C=O) groups excluding carboxylic acids is 1. The Morgan fingerprint density at radius 2 is 1.50 bits per heavy atom. The Hall–Kier alpha value is -1.46. The maximum atomic E-state index is 12.0. The molecule has 2 amide bonds. The molecule has 2 saturated heterocycles. The fraction of sp³-hybridized carbons (Fsp3) is 0.833. The molecule has 2 heterocycles. The van der Waals surface area contributed by atoms with Crippen molar-refractivity contribution in [2.24, 2.45) is 35.5 Å². The second-order valence-electron chi connectivity index (χ2n) is 6.12. The topological polar surface area (TPSA) is 70.1 Å². The summed E-state index contributed by atoms with van der Waals surface area (Å²) in [6.45, 7) is 2.03. The van der Waals surface area contributed by atoms with Crippen LogP contribution in [0.2, 0.25) is 0 Å². The van der Waals surface area contributed by atoms with Crippen molar-refractivity contribution in [3.63, 3.8) is 0 Å². The highest BCUT2D eigenvalue weighted by atomic mass is 16.6. The van der Waals surface area contributed by atoms with Gasteiger partial charge in [-0.05, 0) is 42.4 Å². The van der Waals surface area contributed by atoms with Gasteiger partial charge in [-0.2, -0.15) is 0 Å². The minimum Gasteiger partial charge on any atom is -0.464 e. The largest absolute Gasteiger partial charge is 0.464 e. The zero-order valence-corrected chi connectivity index (χ0v) is 9.89. The van der Waals surface area contributed by atoms with E-state index in [9.17, 15) is 14.7 Å². The second-order valence-corrected chi connectivity index (χ2v) is 6.12. The number of fused-ring (bicyclic) bond motifs is 1. The Bertz CT molecular complexity index is 474. The molecule has 2 aliphatic heterocycles. The van der Waals surface area contributed by atoms with Crippen molar-refractivity contribution >= 4 is 12.2 Å². The molecule has 96 valence electrons. The standard InChI is InChI=1S/C12H14N2O4/c1-2-18-12(17)14-10-7-4-3-5(7)9(6(3)8(4)10)13(14)11(15)16/h3-10H,2H2,1H3,(H,15,16). The van der Waals surface area contributed by atoms with Gasteiger partial charge >= 0.3 is 12.2 Å². The van der Waals surface area contributed by atoms with Gasteiger partial charge in [0.1, 0.15) is 0 Å². The molecular formula is C12H14N2O4. The smallest absolute Gasteiger partial charge is 0.429 e. The zero-order chi connectivity index (χ0) is 12.3. The molecule has 6 fully saturated rings. The van der Waals surface area contributed by atoms with E-state index in [0.717, 1.165) is 11.8 Å². The van der Waals surface area contributed by atoms with Crippen LogP contribution in [0.3, 0.4) is 0 Å². The van der Waals surface area contributed by atoms with Gasteiger partial charge in [0.05, 0.1) is 18.7 Å². The van der Waals surface area contributed by atoms with Crippen LogP contribution < -0.4 is 0 Å². The first kappa shape index (κ1) is 9.47. The summed E-state index contributed by atoms with van der Waals surface area (Å²) in [5.41, 5.74) is 0.